The van der Waals surface area contributed by atoms with E-state index < -0.39 is 0 Å². The van der Waals surface area contributed by atoms with Crippen LogP contribution in [0.15, 0.2) is 48.8 Å². The maximum atomic E-state index is 4.46. The Balaban J connectivity index is 1.56. The van der Waals surface area contributed by atoms with Gasteiger partial charge in [0.2, 0.25) is 0 Å². The molecule has 2 aromatic heterocycles. The summed E-state index contributed by atoms with van der Waals surface area (Å²) in [4.78, 5) is 6.62. The summed E-state index contributed by atoms with van der Waals surface area (Å²) in [6.07, 6.45) is 4.99. The van der Waals surface area contributed by atoms with Crippen LogP contribution in [0.5, 0.6) is 0 Å². The Morgan fingerprint density at radius 2 is 2.04 bits per heavy atom. The molecular weight excluding hydrogens is 298 g/mol. The Morgan fingerprint density at radius 3 is 2.75 bits per heavy atom. The highest BCUT2D eigenvalue weighted by molar-refractivity contribution is 5.59. The first kappa shape index (κ1) is 16.5. The number of aryl methyl sites for hydroxylation is 2. The van der Waals surface area contributed by atoms with Gasteiger partial charge in [-0.3, -0.25) is 10.00 Å². The zero-order valence-electron chi connectivity index (χ0n) is 14.6. The smallest absolute Gasteiger partial charge is 0.105 e. The molecule has 3 aromatic rings. The molecule has 0 radical (unpaired) electrons. The molecule has 1 N–H and O–H groups in total. The van der Waals surface area contributed by atoms with Gasteiger partial charge in [0.05, 0.1) is 11.4 Å². The Labute approximate surface area is 143 Å². The number of benzene rings is 1. The van der Waals surface area contributed by atoms with Gasteiger partial charge in [0.15, 0.2) is 0 Å². The molecule has 0 saturated heterocycles. The molecule has 5 nitrogen and oxygen atoms in total. The number of H-pyrrole nitrogens is 1. The van der Waals surface area contributed by atoms with Crippen LogP contribution >= 0.6 is 0 Å². The second-order valence-electron chi connectivity index (χ2n) is 6.25. The molecule has 0 aliphatic heterocycles. The normalized spacial score (nSPS) is 12.7. The highest BCUT2D eigenvalue weighted by Crippen LogP contribution is 2.23. The minimum absolute atomic E-state index is 0.304. The molecule has 5 heteroatoms. The lowest BCUT2D eigenvalue weighted by atomic mass is 10.1. The summed E-state index contributed by atoms with van der Waals surface area (Å²) >= 11 is 0. The highest BCUT2D eigenvalue weighted by Gasteiger charge is 2.14. The molecule has 1 atom stereocenters. The van der Waals surface area contributed by atoms with Crippen molar-refractivity contribution in [3.63, 3.8) is 0 Å². The van der Waals surface area contributed by atoms with Crippen molar-refractivity contribution in [2.45, 2.75) is 32.9 Å². The Morgan fingerprint density at radius 1 is 1.25 bits per heavy atom. The van der Waals surface area contributed by atoms with Crippen molar-refractivity contribution in [1.82, 2.24) is 24.6 Å². The molecule has 24 heavy (non-hydrogen) atoms. The molecule has 0 bridgehead atoms. The van der Waals surface area contributed by atoms with Crippen LogP contribution < -0.4 is 0 Å². The van der Waals surface area contributed by atoms with E-state index >= 15 is 0 Å². The first-order valence-corrected chi connectivity index (χ1v) is 8.44. The van der Waals surface area contributed by atoms with Gasteiger partial charge in [0.1, 0.15) is 5.82 Å². The molecule has 0 spiro atoms. The minimum atomic E-state index is 0.304. The van der Waals surface area contributed by atoms with E-state index in [0.717, 1.165) is 42.3 Å². The predicted molar refractivity (Wildman–Crippen MR) is 96.6 cm³/mol. The standard InChI is InChI=1S/C19H25N5/c1-15(23(3)11-7-12-24-13-10-20-16(24)2)18-14-19(22-21-18)17-8-5-4-6-9-17/h4-6,8-10,13-15H,7,11-12H2,1-3H3,(H,21,22)/t15-/m1/s1. The fourth-order valence-electron chi connectivity index (χ4n) is 2.87. The van der Waals surface area contributed by atoms with Crippen LogP contribution in [0.1, 0.15) is 30.9 Å². The Hall–Kier alpha value is -2.40. The zero-order valence-corrected chi connectivity index (χ0v) is 14.6. The van der Waals surface area contributed by atoms with E-state index in [0.29, 0.717) is 6.04 Å². The van der Waals surface area contributed by atoms with Gasteiger partial charge in [0.25, 0.3) is 0 Å². The third kappa shape index (κ3) is 3.74. The summed E-state index contributed by atoms with van der Waals surface area (Å²) in [5.41, 5.74) is 3.29. The first-order chi connectivity index (χ1) is 11.6. The van der Waals surface area contributed by atoms with Crippen molar-refractivity contribution in [3.8, 4) is 11.3 Å². The summed E-state index contributed by atoms with van der Waals surface area (Å²) in [6.45, 7) is 6.28. The lowest BCUT2D eigenvalue weighted by molar-refractivity contribution is 0.249. The van der Waals surface area contributed by atoms with Crippen molar-refractivity contribution in [3.05, 3.63) is 60.3 Å². The molecular formula is C19H25N5. The summed E-state index contributed by atoms with van der Waals surface area (Å²) in [5.74, 6) is 1.08. The molecule has 126 valence electrons. The largest absolute Gasteiger partial charge is 0.335 e. The maximum absolute atomic E-state index is 4.46. The number of imidazole rings is 1. The van der Waals surface area contributed by atoms with Crippen molar-refractivity contribution >= 4 is 0 Å². The van der Waals surface area contributed by atoms with Crippen LogP contribution in [-0.2, 0) is 6.54 Å². The van der Waals surface area contributed by atoms with Gasteiger partial charge >= 0.3 is 0 Å². The van der Waals surface area contributed by atoms with Crippen LogP contribution in [0.2, 0.25) is 0 Å². The monoisotopic (exact) mass is 323 g/mol. The lowest BCUT2D eigenvalue weighted by Crippen LogP contribution is -2.24. The van der Waals surface area contributed by atoms with Crippen molar-refractivity contribution in [1.29, 1.82) is 0 Å². The third-order valence-corrected chi connectivity index (χ3v) is 4.61. The van der Waals surface area contributed by atoms with Gasteiger partial charge in [-0.2, -0.15) is 5.10 Å². The summed E-state index contributed by atoms with van der Waals surface area (Å²) < 4.78 is 2.20. The van der Waals surface area contributed by atoms with E-state index in [2.05, 4.69) is 56.8 Å². The van der Waals surface area contributed by atoms with Gasteiger partial charge in [0, 0.05) is 37.1 Å². The van der Waals surface area contributed by atoms with Gasteiger partial charge in [-0.1, -0.05) is 30.3 Å². The van der Waals surface area contributed by atoms with E-state index in [4.69, 9.17) is 0 Å². The molecule has 1 aromatic carbocycles. The lowest BCUT2D eigenvalue weighted by Gasteiger charge is -2.23. The Bertz CT molecular complexity index is 759. The average molecular weight is 323 g/mol. The molecule has 3 rings (SSSR count). The van der Waals surface area contributed by atoms with Gasteiger partial charge in [-0.25, -0.2) is 4.98 Å². The van der Waals surface area contributed by atoms with Crippen LogP contribution in [0.3, 0.4) is 0 Å². The molecule has 0 fully saturated rings. The first-order valence-electron chi connectivity index (χ1n) is 8.44. The number of aromatic nitrogens is 4. The molecule has 0 unspecified atom stereocenters. The van der Waals surface area contributed by atoms with Gasteiger partial charge in [-0.05, 0) is 33.4 Å². The molecule has 0 aliphatic carbocycles. The van der Waals surface area contributed by atoms with Gasteiger partial charge < -0.3 is 4.57 Å². The predicted octanol–water partition coefficient (Wildman–Crippen LogP) is 3.66. The minimum Gasteiger partial charge on any atom is -0.335 e. The van der Waals surface area contributed by atoms with Crippen LogP contribution in [0, 0.1) is 6.92 Å². The molecule has 0 amide bonds. The number of hydrogen-bond donors (Lipinski definition) is 1. The third-order valence-electron chi connectivity index (χ3n) is 4.61. The zero-order chi connectivity index (χ0) is 16.9. The van der Waals surface area contributed by atoms with Crippen molar-refractivity contribution in [2.75, 3.05) is 13.6 Å². The number of nitrogens with one attached hydrogen (secondary N) is 1. The molecule has 0 saturated carbocycles. The van der Waals surface area contributed by atoms with Crippen LogP contribution in [0.25, 0.3) is 11.3 Å². The van der Waals surface area contributed by atoms with Crippen molar-refractivity contribution < 1.29 is 0 Å². The fourth-order valence-corrected chi connectivity index (χ4v) is 2.87. The Kier molecular flexibility index (Phi) is 5.11. The number of hydrogen-bond acceptors (Lipinski definition) is 3. The van der Waals surface area contributed by atoms with E-state index in [9.17, 15) is 0 Å². The molecule has 0 aliphatic rings. The number of nitrogens with zero attached hydrogens (tertiary/aromatic N) is 4. The quantitative estimate of drug-likeness (QED) is 0.722. The van der Waals surface area contributed by atoms with E-state index in [1.54, 1.807) is 0 Å². The van der Waals surface area contributed by atoms with Crippen LogP contribution in [0.4, 0.5) is 0 Å². The number of aromatic amines is 1. The average Bonchev–Trinajstić information content (AvgIpc) is 3.24. The van der Waals surface area contributed by atoms with E-state index in [1.165, 1.54) is 0 Å². The fraction of sp³-hybridized carbons (Fsp3) is 0.368. The van der Waals surface area contributed by atoms with Crippen LogP contribution in [-0.4, -0.2) is 38.2 Å². The maximum Gasteiger partial charge on any atom is 0.105 e. The van der Waals surface area contributed by atoms with Gasteiger partial charge in [-0.15, -0.1) is 0 Å². The SMILES string of the molecule is Cc1nccn1CCCN(C)[C@H](C)c1cc(-c2ccccc2)n[nH]1. The second-order valence-corrected chi connectivity index (χ2v) is 6.25. The summed E-state index contributed by atoms with van der Waals surface area (Å²) in [7, 11) is 2.16. The van der Waals surface area contributed by atoms with E-state index in [1.807, 2.05) is 37.5 Å². The molecule has 2 heterocycles. The summed E-state index contributed by atoms with van der Waals surface area (Å²) in [6, 6.07) is 12.7. The second kappa shape index (κ2) is 7.45. The highest BCUT2D eigenvalue weighted by atomic mass is 15.2. The topological polar surface area (TPSA) is 49.7 Å². The number of rotatable bonds is 7. The van der Waals surface area contributed by atoms with E-state index in [-0.39, 0.29) is 0 Å². The summed E-state index contributed by atoms with van der Waals surface area (Å²) in [5, 5.41) is 7.65. The van der Waals surface area contributed by atoms with Crippen molar-refractivity contribution in [2.24, 2.45) is 0 Å².